The molecule has 0 radical (unpaired) electrons. The van der Waals surface area contributed by atoms with E-state index in [1.165, 1.54) is 0 Å². The molecule has 0 aliphatic carbocycles. The minimum atomic E-state index is -0.415. The van der Waals surface area contributed by atoms with Crippen LogP contribution < -0.4 is 10.2 Å². The fraction of sp³-hybridized carbons (Fsp3) is 0.500. The number of alkyl halides is 1. The first-order valence-corrected chi connectivity index (χ1v) is 4.87. The smallest absolute Gasteiger partial charge is 0.128 e. The first-order valence-electron chi connectivity index (χ1n) is 4.87. The van der Waals surface area contributed by atoms with E-state index < -0.39 is 6.67 Å². The lowest BCUT2D eigenvalue weighted by atomic mass is 10.2. The molecule has 0 atom stereocenters. The highest BCUT2D eigenvalue weighted by molar-refractivity contribution is 5.41. The molecule has 1 saturated heterocycles. The lowest BCUT2D eigenvalue weighted by molar-refractivity contribution is 0.484. The maximum Gasteiger partial charge on any atom is 0.128 e. The summed E-state index contributed by atoms with van der Waals surface area (Å²) in [4.78, 5) is 6.42. The molecule has 0 saturated carbocycles. The third-order valence-electron chi connectivity index (χ3n) is 2.41. The van der Waals surface area contributed by atoms with Crippen LogP contribution >= 0.6 is 0 Å². The fourth-order valence-corrected chi connectivity index (χ4v) is 1.61. The topological polar surface area (TPSA) is 28.2 Å². The molecule has 1 aromatic rings. The summed E-state index contributed by atoms with van der Waals surface area (Å²) in [6.07, 6.45) is 1.67. The van der Waals surface area contributed by atoms with Gasteiger partial charge in [-0.3, -0.25) is 0 Å². The monoisotopic (exact) mass is 195 g/mol. The molecule has 76 valence electrons. The van der Waals surface area contributed by atoms with E-state index in [1.54, 1.807) is 12.3 Å². The van der Waals surface area contributed by atoms with E-state index in [-0.39, 0.29) is 0 Å². The predicted molar refractivity (Wildman–Crippen MR) is 54.1 cm³/mol. The van der Waals surface area contributed by atoms with E-state index in [1.807, 2.05) is 6.07 Å². The van der Waals surface area contributed by atoms with Crippen LogP contribution in [0, 0.1) is 0 Å². The molecule has 0 unspecified atom stereocenters. The highest BCUT2D eigenvalue weighted by atomic mass is 19.1. The lowest BCUT2D eigenvalue weighted by Gasteiger charge is -2.28. The van der Waals surface area contributed by atoms with Crippen LogP contribution in [0.3, 0.4) is 0 Å². The number of halogens is 1. The second-order valence-corrected chi connectivity index (χ2v) is 3.39. The molecule has 1 fully saturated rings. The molecule has 1 aliphatic heterocycles. The zero-order valence-corrected chi connectivity index (χ0v) is 8.04. The lowest BCUT2D eigenvalue weighted by Crippen LogP contribution is -2.43. The Kier molecular flexibility index (Phi) is 2.93. The van der Waals surface area contributed by atoms with Crippen LogP contribution in [0.25, 0.3) is 0 Å². The molecule has 0 spiro atoms. The third-order valence-corrected chi connectivity index (χ3v) is 2.41. The van der Waals surface area contributed by atoms with Gasteiger partial charge in [-0.25, -0.2) is 9.37 Å². The van der Waals surface area contributed by atoms with E-state index in [2.05, 4.69) is 15.2 Å². The fourth-order valence-electron chi connectivity index (χ4n) is 1.61. The molecule has 2 heterocycles. The summed E-state index contributed by atoms with van der Waals surface area (Å²) in [6, 6.07) is 3.54. The number of hydrogen-bond acceptors (Lipinski definition) is 3. The van der Waals surface area contributed by atoms with Crippen molar-refractivity contribution in [1.29, 1.82) is 0 Å². The molecular weight excluding hydrogens is 181 g/mol. The Morgan fingerprint density at radius 3 is 2.93 bits per heavy atom. The van der Waals surface area contributed by atoms with Gasteiger partial charge in [-0.05, 0) is 17.7 Å². The Morgan fingerprint density at radius 1 is 1.43 bits per heavy atom. The maximum absolute atomic E-state index is 12.4. The van der Waals surface area contributed by atoms with Crippen molar-refractivity contribution in [3.8, 4) is 0 Å². The molecule has 0 amide bonds. The first kappa shape index (κ1) is 9.40. The summed E-state index contributed by atoms with van der Waals surface area (Å²) in [5, 5.41) is 3.27. The van der Waals surface area contributed by atoms with Gasteiger partial charge < -0.3 is 10.2 Å². The Balaban J connectivity index is 2.13. The van der Waals surface area contributed by atoms with Gasteiger partial charge in [-0.15, -0.1) is 0 Å². The summed E-state index contributed by atoms with van der Waals surface area (Å²) in [7, 11) is 0. The van der Waals surface area contributed by atoms with Gasteiger partial charge in [0, 0.05) is 32.4 Å². The van der Waals surface area contributed by atoms with E-state index in [0.717, 1.165) is 32.0 Å². The molecular formula is C10H14FN3. The van der Waals surface area contributed by atoms with Gasteiger partial charge >= 0.3 is 0 Å². The number of nitrogens with one attached hydrogen (secondary N) is 1. The van der Waals surface area contributed by atoms with Crippen molar-refractivity contribution in [2.45, 2.75) is 6.67 Å². The number of rotatable bonds is 2. The molecule has 4 heteroatoms. The molecule has 1 aliphatic rings. The minimum Gasteiger partial charge on any atom is -0.354 e. The molecule has 0 bridgehead atoms. The first-order chi connectivity index (χ1) is 6.90. The normalized spacial score (nSPS) is 17.1. The Bertz CT molecular complexity index is 297. The van der Waals surface area contributed by atoms with Gasteiger partial charge in [0.1, 0.15) is 12.5 Å². The predicted octanol–water partition coefficient (Wildman–Crippen LogP) is 0.961. The summed E-state index contributed by atoms with van der Waals surface area (Å²) in [5.74, 6) is 0.890. The summed E-state index contributed by atoms with van der Waals surface area (Å²) < 4.78 is 12.4. The Hall–Kier alpha value is -1.16. The SMILES string of the molecule is FCc1ccnc(N2CCNCC2)c1. The van der Waals surface area contributed by atoms with E-state index in [0.29, 0.717) is 5.56 Å². The van der Waals surface area contributed by atoms with Gasteiger partial charge in [0.25, 0.3) is 0 Å². The summed E-state index contributed by atoms with van der Waals surface area (Å²) >= 11 is 0. The molecule has 1 N–H and O–H groups in total. The number of aromatic nitrogens is 1. The number of hydrogen-bond donors (Lipinski definition) is 1. The van der Waals surface area contributed by atoms with E-state index in [9.17, 15) is 4.39 Å². The average molecular weight is 195 g/mol. The van der Waals surface area contributed by atoms with Gasteiger partial charge in [-0.1, -0.05) is 0 Å². The van der Waals surface area contributed by atoms with Crippen LogP contribution in [0.15, 0.2) is 18.3 Å². The third kappa shape index (κ3) is 2.01. The van der Waals surface area contributed by atoms with Crippen LogP contribution in [0.2, 0.25) is 0 Å². The van der Waals surface area contributed by atoms with E-state index >= 15 is 0 Å². The van der Waals surface area contributed by atoms with Gasteiger partial charge in [-0.2, -0.15) is 0 Å². The zero-order chi connectivity index (χ0) is 9.80. The van der Waals surface area contributed by atoms with Crippen LogP contribution in [0.1, 0.15) is 5.56 Å². The van der Waals surface area contributed by atoms with E-state index in [4.69, 9.17) is 0 Å². The molecule has 14 heavy (non-hydrogen) atoms. The number of piperazine rings is 1. The number of nitrogens with zero attached hydrogens (tertiary/aromatic N) is 2. The molecule has 0 aromatic carbocycles. The van der Waals surface area contributed by atoms with Crippen molar-refractivity contribution >= 4 is 5.82 Å². The molecule has 3 nitrogen and oxygen atoms in total. The maximum atomic E-state index is 12.4. The van der Waals surface area contributed by atoms with Crippen molar-refractivity contribution in [3.63, 3.8) is 0 Å². The van der Waals surface area contributed by atoms with Crippen molar-refractivity contribution in [3.05, 3.63) is 23.9 Å². The highest BCUT2D eigenvalue weighted by Gasteiger charge is 2.11. The molecule has 1 aromatic heterocycles. The van der Waals surface area contributed by atoms with Gasteiger partial charge in [0.15, 0.2) is 0 Å². The number of anilines is 1. The van der Waals surface area contributed by atoms with Crippen LogP contribution in [-0.2, 0) is 6.67 Å². The zero-order valence-electron chi connectivity index (χ0n) is 8.04. The number of pyridine rings is 1. The van der Waals surface area contributed by atoms with Crippen LogP contribution in [0.4, 0.5) is 10.2 Å². The minimum absolute atomic E-state index is 0.415. The Morgan fingerprint density at radius 2 is 2.21 bits per heavy atom. The quantitative estimate of drug-likeness (QED) is 0.762. The second-order valence-electron chi connectivity index (χ2n) is 3.39. The summed E-state index contributed by atoms with van der Waals surface area (Å²) in [6.45, 7) is 3.43. The average Bonchev–Trinajstić information content (AvgIpc) is 2.30. The van der Waals surface area contributed by atoms with Crippen molar-refractivity contribution < 1.29 is 4.39 Å². The standard InChI is InChI=1S/C10H14FN3/c11-8-9-1-2-13-10(7-9)14-5-3-12-4-6-14/h1-2,7,12H,3-6,8H2. The molecule has 2 rings (SSSR count). The highest BCUT2D eigenvalue weighted by Crippen LogP contribution is 2.13. The van der Waals surface area contributed by atoms with Crippen molar-refractivity contribution in [2.24, 2.45) is 0 Å². The van der Waals surface area contributed by atoms with Gasteiger partial charge in [0.05, 0.1) is 0 Å². The van der Waals surface area contributed by atoms with Crippen LogP contribution in [-0.4, -0.2) is 31.2 Å². The van der Waals surface area contributed by atoms with Crippen LogP contribution in [0.5, 0.6) is 0 Å². The summed E-state index contributed by atoms with van der Waals surface area (Å²) in [5.41, 5.74) is 0.702. The van der Waals surface area contributed by atoms with Crippen molar-refractivity contribution in [2.75, 3.05) is 31.1 Å². The van der Waals surface area contributed by atoms with Crippen molar-refractivity contribution in [1.82, 2.24) is 10.3 Å². The second kappa shape index (κ2) is 4.37. The largest absolute Gasteiger partial charge is 0.354 e. The van der Waals surface area contributed by atoms with Gasteiger partial charge in [0.2, 0.25) is 0 Å². The Labute approximate surface area is 82.9 Å².